The average molecular weight is 1720 g/mol. The van der Waals surface area contributed by atoms with Crippen LogP contribution in [0.4, 0.5) is 0 Å². The summed E-state index contributed by atoms with van der Waals surface area (Å²) in [6.07, 6.45) is 29.1. The number of aliphatic hydroxyl groups is 9. The van der Waals surface area contributed by atoms with E-state index in [4.69, 9.17) is 46.9 Å². The molecule has 0 aromatic rings. The van der Waals surface area contributed by atoms with E-state index in [1.807, 2.05) is 0 Å². The van der Waals surface area contributed by atoms with Crippen molar-refractivity contribution in [2.45, 2.75) is 524 Å². The van der Waals surface area contributed by atoms with Gasteiger partial charge in [-0.2, -0.15) is 0 Å². The minimum absolute atomic E-state index is 0.0106. The highest BCUT2D eigenvalue weighted by molar-refractivity contribution is 7.47. The SMILES string of the molecule is CCCCCC/C=C\CCCCCCCCCC(=O)OCC1OC(OC2C(OC(=O)CCCCCCCCC(C)CCCCCCCC)C(O)C(O)C(OC3OC(CO)C(O)C(O)C3O)C2OP(=O)(O)OCC(COC(=O)CCCCCCCCCCCCCCC)OC(=O)CCCCCCCCCCCCCCCCCC)C(O)C(O)C1O. The molecule has 19 atom stereocenters. The molecule has 0 aromatic carbocycles. The molecule has 0 aromatic heterocycles. The summed E-state index contributed by atoms with van der Waals surface area (Å²) in [6.45, 7) is 7.91. The van der Waals surface area contributed by atoms with Crippen molar-refractivity contribution in [1.82, 2.24) is 0 Å². The quantitative estimate of drug-likeness (QED) is 0.00889. The summed E-state index contributed by atoms with van der Waals surface area (Å²) in [6, 6.07) is 0. The van der Waals surface area contributed by atoms with Crippen molar-refractivity contribution < 1.29 is 122 Å². The van der Waals surface area contributed by atoms with E-state index in [2.05, 4.69) is 46.8 Å². The maximum absolute atomic E-state index is 14.9. The van der Waals surface area contributed by atoms with Gasteiger partial charge in [0.05, 0.1) is 13.2 Å². The molecule has 1 aliphatic carbocycles. The smallest absolute Gasteiger partial charge is 0.463 e. The number of esters is 4. The van der Waals surface area contributed by atoms with Crippen molar-refractivity contribution >= 4 is 31.7 Å². The van der Waals surface area contributed by atoms with Gasteiger partial charge in [0.15, 0.2) is 24.8 Å². The molecule has 2 heterocycles. The number of hydrogen-bond donors (Lipinski definition) is 10. The summed E-state index contributed by atoms with van der Waals surface area (Å²) in [5.74, 6) is -2.33. The molecule has 2 saturated heterocycles. The van der Waals surface area contributed by atoms with Crippen LogP contribution in [0.25, 0.3) is 0 Å². The zero-order chi connectivity index (χ0) is 86.9. The first kappa shape index (κ1) is 110. The van der Waals surface area contributed by atoms with Crippen molar-refractivity contribution in [2.24, 2.45) is 5.92 Å². The molecule has 119 heavy (non-hydrogen) atoms. The molecule has 3 rings (SSSR count). The van der Waals surface area contributed by atoms with Crippen molar-refractivity contribution in [3.8, 4) is 0 Å². The standard InChI is InChI=1S/C93H173O25P/c1-6-10-14-18-22-25-28-31-33-35-38-41-44-47-54-60-66-78(97)112-73(69-109-76(95)64-58-52-45-42-39-36-30-27-24-20-16-12-8-3)70-111-119(107,108)118-91-89(116-92-86(105)82(101)80(99)74(68-94)113-92)85(104)84(103)88(115-79(98)67-61-55-49-48-51-57-63-72(5)62-56-50-21-17-13-9-4)90(91)117-93-87(106)83(102)81(100)75(114-93)71-110-77(96)65-59-53-46-43-40-37-34-32-29-26-23-19-15-11-7-2/h26,29,72-75,80-94,99-106H,6-25,27-28,30-71H2,1-5H3,(H,107,108)/b29-26-. The van der Waals surface area contributed by atoms with Crippen LogP contribution in [-0.2, 0) is 70.7 Å². The van der Waals surface area contributed by atoms with E-state index in [1.165, 1.54) is 180 Å². The fraction of sp³-hybridized carbons (Fsp3) is 0.935. The molecule has 700 valence electrons. The number of phosphoric ester groups is 1. The van der Waals surface area contributed by atoms with Gasteiger partial charge in [-0.1, -0.05) is 355 Å². The molecule has 0 spiro atoms. The van der Waals surface area contributed by atoms with Crippen LogP contribution in [-0.4, -0.2) is 205 Å². The second-order valence-corrected chi connectivity index (χ2v) is 36.3. The Hall–Kier alpha value is -2.79. The molecule has 1 saturated carbocycles. The van der Waals surface area contributed by atoms with Crippen LogP contribution in [0.3, 0.4) is 0 Å². The number of allylic oxidation sites excluding steroid dienone is 2. The molecular weight excluding hydrogens is 1550 g/mol. The molecule has 0 amide bonds. The second kappa shape index (κ2) is 71.3. The Kier molecular flexibility index (Phi) is 66.1. The number of phosphoric acid groups is 1. The van der Waals surface area contributed by atoms with E-state index < -0.39 is 162 Å². The maximum Gasteiger partial charge on any atom is 0.472 e. The van der Waals surface area contributed by atoms with Crippen LogP contribution < -0.4 is 0 Å². The number of ether oxygens (including phenoxy) is 8. The summed E-state index contributed by atoms with van der Waals surface area (Å²) in [4.78, 5) is 66.6. The van der Waals surface area contributed by atoms with Crippen LogP contribution in [0.15, 0.2) is 12.2 Å². The highest BCUT2D eigenvalue weighted by atomic mass is 31.2. The zero-order valence-corrected chi connectivity index (χ0v) is 75.7. The topological polar surface area (TPSA) is 380 Å². The Bertz CT molecular complexity index is 2530. The van der Waals surface area contributed by atoms with Gasteiger partial charge in [0.1, 0.15) is 92.6 Å². The number of carbonyl (C=O) groups excluding carboxylic acids is 4. The van der Waals surface area contributed by atoms with Crippen molar-refractivity contribution in [3.05, 3.63) is 12.2 Å². The van der Waals surface area contributed by atoms with E-state index in [1.54, 1.807) is 0 Å². The maximum atomic E-state index is 14.9. The lowest BCUT2D eigenvalue weighted by atomic mass is 9.84. The van der Waals surface area contributed by atoms with Crippen molar-refractivity contribution in [1.29, 1.82) is 0 Å². The molecule has 26 heteroatoms. The Labute approximate surface area is 718 Å². The van der Waals surface area contributed by atoms with Gasteiger partial charge < -0.3 is 88.7 Å². The van der Waals surface area contributed by atoms with E-state index in [-0.39, 0.29) is 25.7 Å². The molecule has 3 aliphatic rings. The molecule has 10 N–H and O–H groups in total. The van der Waals surface area contributed by atoms with Gasteiger partial charge in [-0.3, -0.25) is 28.2 Å². The van der Waals surface area contributed by atoms with Crippen molar-refractivity contribution in [3.63, 3.8) is 0 Å². The summed E-state index contributed by atoms with van der Waals surface area (Å²) in [7, 11) is -5.81. The lowest BCUT2D eigenvalue weighted by Gasteiger charge is -2.50. The number of unbranched alkanes of at least 4 members (excludes halogenated alkanes) is 48. The first-order valence-electron chi connectivity index (χ1n) is 48.3. The highest BCUT2D eigenvalue weighted by Gasteiger charge is 2.60. The highest BCUT2D eigenvalue weighted by Crippen LogP contribution is 2.49. The lowest BCUT2D eigenvalue weighted by Crippen LogP contribution is -2.70. The largest absolute Gasteiger partial charge is 0.472 e. The predicted molar refractivity (Wildman–Crippen MR) is 463 cm³/mol. The molecule has 2 aliphatic heterocycles. The van der Waals surface area contributed by atoms with Gasteiger partial charge in [-0.25, -0.2) is 4.57 Å². The fourth-order valence-electron chi connectivity index (χ4n) is 16.1. The fourth-order valence-corrected chi connectivity index (χ4v) is 17.1. The summed E-state index contributed by atoms with van der Waals surface area (Å²) >= 11 is 0. The lowest BCUT2D eigenvalue weighted by molar-refractivity contribution is -0.360. The van der Waals surface area contributed by atoms with E-state index >= 15 is 0 Å². The summed E-state index contributed by atoms with van der Waals surface area (Å²) < 4.78 is 73.6. The van der Waals surface area contributed by atoms with E-state index in [0.717, 1.165) is 148 Å². The van der Waals surface area contributed by atoms with E-state index in [0.29, 0.717) is 38.0 Å². The second-order valence-electron chi connectivity index (χ2n) is 34.9. The van der Waals surface area contributed by atoms with E-state index in [9.17, 15) is 74.6 Å². The molecule has 25 nitrogen and oxygen atoms in total. The Morgan fingerprint density at radius 2 is 0.681 bits per heavy atom. The third-order valence-electron chi connectivity index (χ3n) is 23.9. The first-order chi connectivity index (χ1) is 57.6. The molecule has 0 radical (unpaired) electrons. The molecule has 0 bridgehead atoms. The third kappa shape index (κ3) is 51.6. The normalized spacial score (nSPS) is 25.1. The number of hydrogen-bond acceptors (Lipinski definition) is 24. The Morgan fingerprint density at radius 3 is 1.09 bits per heavy atom. The summed E-state index contributed by atoms with van der Waals surface area (Å²) in [5, 5.41) is 102. The van der Waals surface area contributed by atoms with Gasteiger partial charge in [-0.05, 0) is 57.3 Å². The van der Waals surface area contributed by atoms with Gasteiger partial charge in [0.25, 0.3) is 0 Å². The van der Waals surface area contributed by atoms with Gasteiger partial charge in [0, 0.05) is 25.7 Å². The minimum atomic E-state index is -5.81. The number of aliphatic hydroxyl groups excluding tert-OH is 9. The van der Waals surface area contributed by atoms with Crippen LogP contribution >= 0.6 is 7.82 Å². The Balaban J connectivity index is 1.92. The molecular formula is C93H173O25P. The molecule has 19 unspecified atom stereocenters. The number of rotatable bonds is 78. The third-order valence-corrected chi connectivity index (χ3v) is 24.9. The zero-order valence-electron chi connectivity index (χ0n) is 74.8. The van der Waals surface area contributed by atoms with Crippen LogP contribution in [0.5, 0.6) is 0 Å². The van der Waals surface area contributed by atoms with Gasteiger partial charge in [0.2, 0.25) is 0 Å². The average Bonchev–Trinajstić information content (AvgIpc) is 0.754. The predicted octanol–water partition coefficient (Wildman–Crippen LogP) is 18.2. The Morgan fingerprint density at radius 1 is 0.353 bits per heavy atom. The number of carbonyl (C=O) groups is 4. The molecule has 3 fully saturated rings. The minimum Gasteiger partial charge on any atom is -0.463 e. The first-order valence-corrected chi connectivity index (χ1v) is 49.8. The van der Waals surface area contributed by atoms with Crippen LogP contribution in [0.1, 0.15) is 420 Å². The van der Waals surface area contributed by atoms with Gasteiger partial charge in [-0.15, -0.1) is 0 Å². The van der Waals surface area contributed by atoms with Crippen molar-refractivity contribution in [2.75, 3.05) is 26.4 Å². The van der Waals surface area contributed by atoms with Crippen LogP contribution in [0, 0.1) is 5.92 Å². The monoisotopic (exact) mass is 1720 g/mol. The summed E-state index contributed by atoms with van der Waals surface area (Å²) in [5.41, 5.74) is 0. The van der Waals surface area contributed by atoms with Crippen LogP contribution in [0.2, 0.25) is 0 Å². The van der Waals surface area contributed by atoms with Gasteiger partial charge >= 0.3 is 31.7 Å².